The van der Waals surface area contributed by atoms with Crippen molar-refractivity contribution in [3.05, 3.63) is 11.6 Å². The summed E-state index contributed by atoms with van der Waals surface area (Å²) in [7, 11) is 1.28. The van der Waals surface area contributed by atoms with Crippen LogP contribution < -0.4 is 0 Å². The number of aliphatic hydroxyl groups excluding tert-OH is 1. The zero-order valence-corrected chi connectivity index (χ0v) is 8.54. The van der Waals surface area contributed by atoms with Crippen LogP contribution in [0.1, 0.15) is 33.1 Å². The number of hydrogen-bond donors (Lipinski definition) is 1. The molecule has 1 N–H and O–H groups in total. The zero-order valence-electron chi connectivity index (χ0n) is 8.54. The predicted octanol–water partition coefficient (Wildman–Crippen LogP) is 1.66. The molecule has 0 aliphatic rings. The molecule has 1 atom stereocenters. The van der Waals surface area contributed by atoms with Gasteiger partial charge in [0.25, 0.3) is 0 Å². The maximum atomic E-state index is 11.0. The topological polar surface area (TPSA) is 46.5 Å². The predicted molar refractivity (Wildman–Crippen MR) is 51.3 cm³/mol. The van der Waals surface area contributed by atoms with Crippen LogP contribution in [0.5, 0.6) is 0 Å². The molecule has 0 heterocycles. The molecule has 0 bridgehead atoms. The van der Waals surface area contributed by atoms with Crippen LogP contribution in [0.15, 0.2) is 11.6 Å². The number of carbonyl (C=O) groups is 1. The molecule has 0 aromatic rings. The highest BCUT2D eigenvalue weighted by Crippen LogP contribution is 2.10. The number of aliphatic hydroxyl groups is 1. The molecule has 0 spiro atoms. The van der Waals surface area contributed by atoms with Crippen molar-refractivity contribution in [2.75, 3.05) is 7.11 Å². The van der Waals surface area contributed by atoms with Gasteiger partial charge in [-0.15, -0.1) is 0 Å². The van der Waals surface area contributed by atoms with Crippen molar-refractivity contribution < 1.29 is 14.6 Å². The largest absolute Gasteiger partial charge is 0.467 e. The SMILES string of the molecule is CCC/C=C(\CC)C(O)C(=O)OC. The molecule has 1 unspecified atom stereocenters. The molecular formula is C10H18O3. The third-order valence-electron chi connectivity index (χ3n) is 1.88. The summed E-state index contributed by atoms with van der Waals surface area (Å²) < 4.78 is 4.44. The molecule has 13 heavy (non-hydrogen) atoms. The van der Waals surface area contributed by atoms with Crippen molar-refractivity contribution >= 4 is 5.97 Å². The second kappa shape index (κ2) is 6.66. The van der Waals surface area contributed by atoms with Gasteiger partial charge in [-0.1, -0.05) is 26.3 Å². The van der Waals surface area contributed by atoms with Crippen LogP contribution in [0.4, 0.5) is 0 Å². The number of unbranched alkanes of at least 4 members (excludes halogenated alkanes) is 1. The molecule has 0 saturated heterocycles. The molecule has 0 aromatic carbocycles. The van der Waals surface area contributed by atoms with Crippen molar-refractivity contribution in [1.29, 1.82) is 0 Å². The summed E-state index contributed by atoms with van der Waals surface area (Å²) in [6.45, 7) is 3.96. The molecule has 3 heteroatoms. The lowest BCUT2D eigenvalue weighted by molar-refractivity contribution is -0.148. The fourth-order valence-corrected chi connectivity index (χ4v) is 1.04. The van der Waals surface area contributed by atoms with Gasteiger partial charge in [0.2, 0.25) is 0 Å². The van der Waals surface area contributed by atoms with Crippen LogP contribution in [0, 0.1) is 0 Å². The molecule has 0 saturated carbocycles. The lowest BCUT2D eigenvalue weighted by Crippen LogP contribution is -2.23. The average molecular weight is 186 g/mol. The van der Waals surface area contributed by atoms with E-state index in [1.807, 2.05) is 19.9 Å². The van der Waals surface area contributed by atoms with E-state index in [1.54, 1.807) is 0 Å². The second-order valence-electron chi connectivity index (χ2n) is 2.85. The standard InChI is InChI=1S/C10H18O3/c1-4-6-7-8(5-2)9(11)10(12)13-3/h7,9,11H,4-6H2,1-3H3/b8-7+. The van der Waals surface area contributed by atoms with E-state index in [1.165, 1.54) is 7.11 Å². The van der Waals surface area contributed by atoms with Crippen LogP contribution in [0.3, 0.4) is 0 Å². The van der Waals surface area contributed by atoms with E-state index in [9.17, 15) is 9.90 Å². The maximum absolute atomic E-state index is 11.0. The first-order chi connectivity index (χ1) is 6.17. The Labute approximate surface area is 79.4 Å². The first kappa shape index (κ1) is 12.2. The fourth-order valence-electron chi connectivity index (χ4n) is 1.04. The lowest BCUT2D eigenvalue weighted by atomic mass is 10.1. The number of carbonyl (C=O) groups excluding carboxylic acids is 1. The van der Waals surface area contributed by atoms with Gasteiger partial charge in [0.15, 0.2) is 6.10 Å². The molecule has 3 nitrogen and oxygen atoms in total. The quantitative estimate of drug-likeness (QED) is 0.524. The summed E-state index contributed by atoms with van der Waals surface area (Å²) >= 11 is 0. The number of esters is 1. The summed E-state index contributed by atoms with van der Waals surface area (Å²) in [6.07, 6.45) is 3.40. The minimum atomic E-state index is -1.08. The van der Waals surface area contributed by atoms with Gasteiger partial charge in [-0.2, -0.15) is 0 Å². The summed E-state index contributed by atoms with van der Waals surface area (Å²) in [5.41, 5.74) is 0.744. The van der Waals surface area contributed by atoms with Crippen LogP contribution in [0.25, 0.3) is 0 Å². The second-order valence-corrected chi connectivity index (χ2v) is 2.85. The zero-order chi connectivity index (χ0) is 10.3. The Balaban J connectivity index is 4.30. The maximum Gasteiger partial charge on any atom is 0.339 e. The highest BCUT2D eigenvalue weighted by atomic mass is 16.5. The Morgan fingerprint density at radius 3 is 2.54 bits per heavy atom. The van der Waals surface area contributed by atoms with E-state index in [4.69, 9.17) is 0 Å². The van der Waals surface area contributed by atoms with Crippen molar-refractivity contribution in [2.45, 2.75) is 39.2 Å². The molecule has 0 rings (SSSR count). The van der Waals surface area contributed by atoms with Crippen molar-refractivity contribution in [3.8, 4) is 0 Å². The number of methoxy groups -OCH3 is 1. The summed E-state index contributed by atoms with van der Waals surface area (Å²) in [5, 5.41) is 9.46. The minimum absolute atomic E-state index is 0.579. The monoisotopic (exact) mass is 186 g/mol. The van der Waals surface area contributed by atoms with Gasteiger partial charge in [-0.05, 0) is 18.4 Å². The third-order valence-corrected chi connectivity index (χ3v) is 1.88. The van der Waals surface area contributed by atoms with Gasteiger partial charge in [-0.3, -0.25) is 0 Å². The molecule has 0 aliphatic carbocycles. The first-order valence-corrected chi connectivity index (χ1v) is 4.62. The van der Waals surface area contributed by atoms with Crippen LogP contribution in [-0.2, 0) is 9.53 Å². The highest BCUT2D eigenvalue weighted by molar-refractivity contribution is 5.77. The number of hydrogen-bond acceptors (Lipinski definition) is 3. The molecule has 0 radical (unpaired) electrons. The van der Waals surface area contributed by atoms with Crippen molar-refractivity contribution in [1.82, 2.24) is 0 Å². The Bertz CT molecular complexity index is 185. The van der Waals surface area contributed by atoms with Crippen LogP contribution in [-0.4, -0.2) is 24.3 Å². The number of rotatable bonds is 5. The van der Waals surface area contributed by atoms with Gasteiger partial charge < -0.3 is 9.84 Å². The Kier molecular flexibility index (Phi) is 6.24. The molecule has 0 aliphatic heterocycles. The average Bonchev–Trinajstić information content (AvgIpc) is 2.17. The molecule has 0 aromatic heterocycles. The van der Waals surface area contributed by atoms with E-state index >= 15 is 0 Å². The van der Waals surface area contributed by atoms with Crippen molar-refractivity contribution in [3.63, 3.8) is 0 Å². The fraction of sp³-hybridized carbons (Fsp3) is 0.700. The number of allylic oxidation sites excluding steroid dienone is 1. The third kappa shape index (κ3) is 4.08. The summed E-state index contributed by atoms with van der Waals surface area (Å²) in [6, 6.07) is 0. The Hall–Kier alpha value is -0.830. The Morgan fingerprint density at radius 2 is 2.15 bits per heavy atom. The van der Waals surface area contributed by atoms with E-state index < -0.39 is 12.1 Å². The Morgan fingerprint density at radius 1 is 1.54 bits per heavy atom. The van der Waals surface area contributed by atoms with E-state index in [2.05, 4.69) is 4.74 Å². The van der Waals surface area contributed by atoms with Gasteiger partial charge in [0, 0.05) is 0 Å². The molecule has 76 valence electrons. The highest BCUT2D eigenvalue weighted by Gasteiger charge is 2.18. The molecular weight excluding hydrogens is 168 g/mol. The minimum Gasteiger partial charge on any atom is -0.467 e. The smallest absolute Gasteiger partial charge is 0.339 e. The van der Waals surface area contributed by atoms with Gasteiger partial charge in [0.05, 0.1) is 7.11 Å². The van der Waals surface area contributed by atoms with E-state index in [0.717, 1.165) is 18.4 Å². The van der Waals surface area contributed by atoms with E-state index in [-0.39, 0.29) is 0 Å². The summed E-state index contributed by atoms with van der Waals surface area (Å²) in [5.74, 6) is -0.579. The first-order valence-electron chi connectivity index (χ1n) is 4.62. The van der Waals surface area contributed by atoms with Gasteiger partial charge in [0.1, 0.15) is 0 Å². The number of ether oxygens (including phenoxy) is 1. The van der Waals surface area contributed by atoms with Crippen molar-refractivity contribution in [2.24, 2.45) is 0 Å². The van der Waals surface area contributed by atoms with Gasteiger partial charge in [-0.25, -0.2) is 4.79 Å². The van der Waals surface area contributed by atoms with Gasteiger partial charge >= 0.3 is 5.97 Å². The molecule has 0 fully saturated rings. The van der Waals surface area contributed by atoms with Crippen LogP contribution >= 0.6 is 0 Å². The molecule has 0 amide bonds. The summed E-state index contributed by atoms with van der Waals surface area (Å²) in [4.78, 5) is 11.0. The van der Waals surface area contributed by atoms with Crippen LogP contribution in [0.2, 0.25) is 0 Å². The normalized spacial score (nSPS) is 14.0. The lowest BCUT2D eigenvalue weighted by Gasteiger charge is -2.10. The van der Waals surface area contributed by atoms with E-state index in [0.29, 0.717) is 6.42 Å².